The quantitative estimate of drug-likeness (QED) is 0.805. The maximum absolute atomic E-state index is 5.09. The Balaban J connectivity index is 1.45. The van der Waals surface area contributed by atoms with Crippen molar-refractivity contribution < 1.29 is 4.74 Å². The van der Waals surface area contributed by atoms with Gasteiger partial charge in [-0.05, 0) is 13.8 Å². The van der Waals surface area contributed by atoms with E-state index in [0.29, 0.717) is 18.7 Å². The standard InChI is InChI=1S/C14H25N5OS/c1-11(2)17-4-6-18(7-5-17)12-8-19(9-12)14-16-15-13(21-14)10-20-3/h11-12H,4-10H2,1-3H3. The van der Waals surface area contributed by atoms with Crippen molar-refractivity contribution in [1.29, 1.82) is 0 Å². The molecule has 0 aromatic carbocycles. The number of hydrogen-bond acceptors (Lipinski definition) is 7. The molecule has 2 saturated heterocycles. The van der Waals surface area contributed by atoms with E-state index >= 15 is 0 Å². The number of aromatic nitrogens is 2. The average molecular weight is 311 g/mol. The van der Waals surface area contributed by atoms with Gasteiger partial charge in [-0.25, -0.2) is 0 Å². The van der Waals surface area contributed by atoms with Crippen molar-refractivity contribution >= 4 is 16.5 Å². The van der Waals surface area contributed by atoms with Crippen molar-refractivity contribution in [3.05, 3.63) is 5.01 Å². The SMILES string of the molecule is COCc1nnc(N2CC(N3CCN(C(C)C)CC3)C2)s1. The van der Waals surface area contributed by atoms with Crippen molar-refractivity contribution in [3.8, 4) is 0 Å². The summed E-state index contributed by atoms with van der Waals surface area (Å²) >= 11 is 1.65. The van der Waals surface area contributed by atoms with Crippen molar-refractivity contribution in [2.45, 2.75) is 32.5 Å². The maximum Gasteiger partial charge on any atom is 0.208 e. The Morgan fingerprint density at radius 3 is 2.52 bits per heavy atom. The van der Waals surface area contributed by atoms with Gasteiger partial charge in [0.15, 0.2) is 0 Å². The summed E-state index contributed by atoms with van der Waals surface area (Å²) in [4.78, 5) is 7.53. The second kappa shape index (κ2) is 6.56. The Kier molecular flexibility index (Phi) is 4.73. The van der Waals surface area contributed by atoms with E-state index in [9.17, 15) is 0 Å². The molecule has 6 nitrogen and oxygen atoms in total. The molecular formula is C14H25N5OS. The molecule has 0 radical (unpaired) electrons. The fourth-order valence-corrected chi connectivity index (χ4v) is 3.84. The Morgan fingerprint density at radius 2 is 1.90 bits per heavy atom. The average Bonchev–Trinajstić information content (AvgIpc) is 2.86. The predicted octanol–water partition coefficient (Wildman–Crippen LogP) is 0.899. The van der Waals surface area contributed by atoms with Gasteiger partial charge in [-0.3, -0.25) is 9.80 Å². The highest BCUT2D eigenvalue weighted by Crippen LogP contribution is 2.27. The van der Waals surface area contributed by atoms with Crippen LogP contribution in [-0.2, 0) is 11.3 Å². The van der Waals surface area contributed by atoms with Crippen LogP contribution in [0.2, 0.25) is 0 Å². The third kappa shape index (κ3) is 3.36. The summed E-state index contributed by atoms with van der Waals surface area (Å²) in [6, 6.07) is 1.36. The number of piperazine rings is 1. The first-order valence-electron chi connectivity index (χ1n) is 7.71. The molecule has 118 valence electrons. The smallest absolute Gasteiger partial charge is 0.208 e. The summed E-state index contributed by atoms with van der Waals surface area (Å²) in [5.74, 6) is 0. The van der Waals surface area contributed by atoms with Gasteiger partial charge in [0.2, 0.25) is 5.13 Å². The molecule has 3 heterocycles. The van der Waals surface area contributed by atoms with Gasteiger partial charge in [-0.1, -0.05) is 11.3 Å². The number of anilines is 1. The Hall–Kier alpha value is -0.760. The zero-order chi connectivity index (χ0) is 14.8. The van der Waals surface area contributed by atoms with E-state index in [1.807, 2.05) is 0 Å². The number of rotatable bonds is 5. The predicted molar refractivity (Wildman–Crippen MR) is 84.9 cm³/mol. The number of nitrogens with zero attached hydrogens (tertiary/aromatic N) is 5. The second-order valence-corrected chi connectivity index (χ2v) is 7.18. The third-order valence-electron chi connectivity index (χ3n) is 4.45. The van der Waals surface area contributed by atoms with Gasteiger partial charge in [0, 0.05) is 58.5 Å². The van der Waals surface area contributed by atoms with Crippen LogP contribution in [0.4, 0.5) is 5.13 Å². The number of methoxy groups -OCH3 is 1. The molecule has 2 fully saturated rings. The van der Waals surface area contributed by atoms with Crippen molar-refractivity contribution in [3.63, 3.8) is 0 Å². The van der Waals surface area contributed by atoms with Crippen LogP contribution in [0.5, 0.6) is 0 Å². The van der Waals surface area contributed by atoms with Crippen LogP contribution in [0.15, 0.2) is 0 Å². The Labute approximate surface area is 130 Å². The van der Waals surface area contributed by atoms with E-state index in [2.05, 4.69) is 38.7 Å². The normalized spacial score (nSPS) is 22.0. The minimum Gasteiger partial charge on any atom is -0.377 e. The highest BCUT2D eigenvalue weighted by Gasteiger charge is 2.35. The Bertz CT molecular complexity index is 452. The molecule has 0 atom stereocenters. The van der Waals surface area contributed by atoms with Crippen molar-refractivity contribution in [2.75, 3.05) is 51.3 Å². The van der Waals surface area contributed by atoms with E-state index in [0.717, 1.165) is 23.2 Å². The maximum atomic E-state index is 5.09. The van der Waals surface area contributed by atoms with Gasteiger partial charge in [0.05, 0.1) is 0 Å². The van der Waals surface area contributed by atoms with Crippen LogP contribution in [0.25, 0.3) is 0 Å². The van der Waals surface area contributed by atoms with Gasteiger partial charge < -0.3 is 9.64 Å². The molecule has 2 aliphatic rings. The molecule has 0 saturated carbocycles. The largest absolute Gasteiger partial charge is 0.377 e. The molecule has 0 amide bonds. The van der Waals surface area contributed by atoms with Crippen LogP contribution < -0.4 is 4.90 Å². The van der Waals surface area contributed by atoms with E-state index in [4.69, 9.17) is 4.74 Å². The van der Waals surface area contributed by atoms with E-state index in [1.165, 1.54) is 26.2 Å². The molecule has 21 heavy (non-hydrogen) atoms. The lowest BCUT2D eigenvalue weighted by Crippen LogP contribution is -2.63. The zero-order valence-corrected chi connectivity index (χ0v) is 14.0. The molecule has 0 N–H and O–H groups in total. The zero-order valence-electron chi connectivity index (χ0n) is 13.2. The fraction of sp³-hybridized carbons (Fsp3) is 0.857. The minimum atomic E-state index is 0.562. The molecule has 0 unspecified atom stereocenters. The summed E-state index contributed by atoms with van der Waals surface area (Å²) < 4.78 is 5.09. The monoisotopic (exact) mass is 311 g/mol. The van der Waals surface area contributed by atoms with Gasteiger partial charge in [-0.2, -0.15) is 0 Å². The lowest BCUT2D eigenvalue weighted by Gasteiger charge is -2.48. The fourth-order valence-electron chi connectivity index (χ4n) is 3.02. The van der Waals surface area contributed by atoms with Gasteiger partial charge in [-0.15, -0.1) is 10.2 Å². The van der Waals surface area contributed by atoms with E-state index in [1.54, 1.807) is 18.4 Å². The van der Waals surface area contributed by atoms with Crippen LogP contribution in [0.3, 0.4) is 0 Å². The second-order valence-electron chi connectivity index (χ2n) is 6.14. The summed E-state index contributed by atoms with van der Waals surface area (Å²) in [6.45, 7) is 12.1. The summed E-state index contributed by atoms with van der Waals surface area (Å²) in [5.41, 5.74) is 0. The van der Waals surface area contributed by atoms with Crippen LogP contribution in [-0.4, -0.2) is 78.5 Å². The van der Waals surface area contributed by atoms with Crippen LogP contribution >= 0.6 is 11.3 Å². The lowest BCUT2D eigenvalue weighted by atomic mass is 10.1. The molecule has 3 rings (SSSR count). The lowest BCUT2D eigenvalue weighted by molar-refractivity contribution is 0.0678. The van der Waals surface area contributed by atoms with Gasteiger partial charge >= 0.3 is 0 Å². The first-order valence-corrected chi connectivity index (χ1v) is 8.53. The summed E-state index contributed by atoms with van der Waals surface area (Å²) in [6.07, 6.45) is 0. The van der Waals surface area contributed by atoms with Crippen molar-refractivity contribution in [2.24, 2.45) is 0 Å². The minimum absolute atomic E-state index is 0.562. The molecule has 7 heteroatoms. The van der Waals surface area contributed by atoms with E-state index < -0.39 is 0 Å². The van der Waals surface area contributed by atoms with Crippen LogP contribution in [0.1, 0.15) is 18.9 Å². The molecule has 1 aromatic rings. The van der Waals surface area contributed by atoms with Gasteiger partial charge in [0.1, 0.15) is 11.6 Å². The molecule has 0 spiro atoms. The molecule has 1 aromatic heterocycles. The highest BCUT2D eigenvalue weighted by molar-refractivity contribution is 7.15. The molecule has 0 aliphatic carbocycles. The van der Waals surface area contributed by atoms with Crippen molar-refractivity contribution in [1.82, 2.24) is 20.0 Å². The summed E-state index contributed by atoms with van der Waals surface area (Å²) in [5, 5.41) is 10.4. The number of hydrogen-bond donors (Lipinski definition) is 0. The first-order chi connectivity index (χ1) is 10.2. The first kappa shape index (κ1) is 15.1. The molecule has 0 bridgehead atoms. The number of ether oxygens (including phenoxy) is 1. The molecule has 2 aliphatic heterocycles. The Morgan fingerprint density at radius 1 is 1.19 bits per heavy atom. The topological polar surface area (TPSA) is 44.7 Å². The molecular weight excluding hydrogens is 286 g/mol. The van der Waals surface area contributed by atoms with Gasteiger partial charge in [0.25, 0.3) is 0 Å². The highest BCUT2D eigenvalue weighted by atomic mass is 32.1. The summed E-state index contributed by atoms with van der Waals surface area (Å²) in [7, 11) is 1.69. The van der Waals surface area contributed by atoms with Crippen LogP contribution in [0, 0.1) is 0 Å². The third-order valence-corrected chi connectivity index (χ3v) is 5.41. The van der Waals surface area contributed by atoms with E-state index in [-0.39, 0.29) is 0 Å².